The Kier molecular flexibility index (Phi) is 3.90. The van der Waals surface area contributed by atoms with Crippen LogP contribution in [0.15, 0.2) is 11.4 Å². The van der Waals surface area contributed by atoms with E-state index in [0.717, 1.165) is 6.42 Å². The molecule has 0 aliphatic rings. The van der Waals surface area contributed by atoms with Gasteiger partial charge >= 0.3 is 0 Å². The summed E-state index contributed by atoms with van der Waals surface area (Å²) in [5.74, 6) is 0. The van der Waals surface area contributed by atoms with Crippen molar-refractivity contribution in [1.82, 2.24) is 0 Å². The predicted molar refractivity (Wildman–Crippen MR) is 57.1 cm³/mol. The Bertz CT molecular complexity index is 255. The van der Waals surface area contributed by atoms with Crippen LogP contribution in [0.1, 0.15) is 29.8 Å². The minimum atomic E-state index is 0.0138. The molecule has 74 valence electrons. The number of ether oxygens (including phenoxy) is 1. The lowest BCUT2D eigenvalue weighted by Gasteiger charge is -2.20. The number of rotatable bonds is 4. The second-order valence-electron chi connectivity index (χ2n) is 3.20. The summed E-state index contributed by atoms with van der Waals surface area (Å²) in [6.07, 6.45) is 1.08. The van der Waals surface area contributed by atoms with Gasteiger partial charge in [0, 0.05) is 12.0 Å². The van der Waals surface area contributed by atoms with Crippen molar-refractivity contribution in [2.75, 3.05) is 7.11 Å². The lowest BCUT2D eigenvalue weighted by Crippen LogP contribution is -2.26. The van der Waals surface area contributed by atoms with Crippen LogP contribution in [0, 0.1) is 6.92 Å². The molecule has 1 heterocycles. The van der Waals surface area contributed by atoms with Crippen LogP contribution >= 0.6 is 11.3 Å². The van der Waals surface area contributed by atoms with E-state index in [2.05, 4.69) is 25.3 Å². The molecule has 0 aliphatic carbocycles. The molecular weight excluding hydrogens is 182 g/mol. The summed E-state index contributed by atoms with van der Waals surface area (Å²) >= 11 is 1.74. The molecule has 2 atom stereocenters. The van der Waals surface area contributed by atoms with E-state index in [1.54, 1.807) is 18.4 Å². The van der Waals surface area contributed by atoms with Gasteiger partial charge in [-0.1, -0.05) is 6.92 Å². The van der Waals surface area contributed by atoms with Gasteiger partial charge in [0.1, 0.15) is 0 Å². The van der Waals surface area contributed by atoms with Crippen molar-refractivity contribution < 1.29 is 4.74 Å². The maximum absolute atomic E-state index is 6.06. The van der Waals surface area contributed by atoms with Gasteiger partial charge in [-0.2, -0.15) is 0 Å². The van der Waals surface area contributed by atoms with Crippen molar-refractivity contribution >= 4 is 11.3 Å². The van der Waals surface area contributed by atoms with Crippen LogP contribution in [0.25, 0.3) is 0 Å². The van der Waals surface area contributed by atoms with Crippen LogP contribution in [0.5, 0.6) is 0 Å². The van der Waals surface area contributed by atoms with Crippen molar-refractivity contribution in [1.29, 1.82) is 0 Å². The molecule has 0 saturated heterocycles. The van der Waals surface area contributed by atoms with Crippen LogP contribution in [-0.2, 0) is 4.74 Å². The normalized spacial score (nSPS) is 15.7. The highest BCUT2D eigenvalue weighted by atomic mass is 32.1. The first-order chi connectivity index (χ1) is 6.19. The molecule has 2 unspecified atom stereocenters. The topological polar surface area (TPSA) is 35.2 Å². The van der Waals surface area contributed by atoms with Crippen LogP contribution < -0.4 is 5.73 Å². The van der Waals surface area contributed by atoms with E-state index in [9.17, 15) is 0 Å². The van der Waals surface area contributed by atoms with E-state index in [1.165, 1.54) is 10.4 Å². The molecular formula is C10H17NOS. The van der Waals surface area contributed by atoms with Crippen LogP contribution in [0.3, 0.4) is 0 Å². The van der Waals surface area contributed by atoms with E-state index in [1.807, 2.05) is 0 Å². The van der Waals surface area contributed by atoms with E-state index in [0.29, 0.717) is 0 Å². The Hall–Kier alpha value is -0.380. The summed E-state index contributed by atoms with van der Waals surface area (Å²) < 4.78 is 5.30. The van der Waals surface area contributed by atoms with Gasteiger partial charge in [0.15, 0.2) is 0 Å². The Balaban J connectivity index is 2.71. The SMILES string of the molecule is CCC(OC)C(N)c1csc(C)c1. The summed E-state index contributed by atoms with van der Waals surface area (Å²) in [7, 11) is 1.72. The number of aryl methyl sites for hydroxylation is 1. The van der Waals surface area contributed by atoms with E-state index in [-0.39, 0.29) is 12.1 Å². The molecule has 1 aromatic rings. The number of hydrogen-bond donors (Lipinski definition) is 1. The predicted octanol–water partition coefficient (Wildman–Crippen LogP) is 2.48. The Morgan fingerprint density at radius 1 is 1.62 bits per heavy atom. The minimum absolute atomic E-state index is 0.0138. The zero-order valence-electron chi connectivity index (χ0n) is 8.41. The highest BCUT2D eigenvalue weighted by Crippen LogP contribution is 2.23. The minimum Gasteiger partial charge on any atom is -0.379 e. The zero-order chi connectivity index (χ0) is 9.84. The second-order valence-corrected chi connectivity index (χ2v) is 4.31. The van der Waals surface area contributed by atoms with Crippen LogP contribution in [0.2, 0.25) is 0 Å². The van der Waals surface area contributed by atoms with Crippen molar-refractivity contribution in [3.05, 3.63) is 21.9 Å². The summed E-state index contributed by atoms with van der Waals surface area (Å²) in [4.78, 5) is 1.30. The second kappa shape index (κ2) is 4.74. The third-order valence-corrected chi connectivity index (χ3v) is 3.12. The van der Waals surface area contributed by atoms with Crippen molar-refractivity contribution in [3.8, 4) is 0 Å². The van der Waals surface area contributed by atoms with E-state index in [4.69, 9.17) is 10.5 Å². The smallest absolute Gasteiger partial charge is 0.0761 e. The lowest BCUT2D eigenvalue weighted by molar-refractivity contribution is 0.0773. The first-order valence-corrected chi connectivity index (χ1v) is 5.40. The van der Waals surface area contributed by atoms with Gasteiger partial charge in [-0.25, -0.2) is 0 Å². The van der Waals surface area contributed by atoms with E-state index >= 15 is 0 Å². The largest absolute Gasteiger partial charge is 0.379 e. The molecule has 13 heavy (non-hydrogen) atoms. The molecule has 0 aliphatic heterocycles. The Morgan fingerprint density at radius 3 is 2.69 bits per heavy atom. The zero-order valence-corrected chi connectivity index (χ0v) is 9.23. The van der Waals surface area contributed by atoms with Gasteiger partial charge in [0.25, 0.3) is 0 Å². The van der Waals surface area contributed by atoms with Crippen molar-refractivity contribution in [2.24, 2.45) is 5.73 Å². The average molecular weight is 199 g/mol. The van der Waals surface area contributed by atoms with Crippen molar-refractivity contribution in [3.63, 3.8) is 0 Å². The van der Waals surface area contributed by atoms with Gasteiger partial charge in [-0.3, -0.25) is 0 Å². The molecule has 2 nitrogen and oxygen atoms in total. The molecule has 3 heteroatoms. The standard InChI is InChI=1S/C10H17NOS/c1-4-9(12-3)10(11)8-5-7(2)13-6-8/h5-6,9-10H,4,11H2,1-3H3. The molecule has 0 amide bonds. The van der Waals surface area contributed by atoms with E-state index < -0.39 is 0 Å². The van der Waals surface area contributed by atoms with Crippen LogP contribution in [0.4, 0.5) is 0 Å². The summed E-state index contributed by atoms with van der Waals surface area (Å²) in [6, 6.07) is 2.15. The number of thiophene rings is 1. The Morgan fingerprint density at radius 2 is 2.31 bits per heavy atom. The third kappa shape index (κ3) is 2.53. The molecule has 0 saturated carbocycles. The van der Waals surface area contributed by atoms with Gasteiger partial charge in [-0.15, -0.1) is 11.3 Å². The molecule has 0 radical (unpaired) electrons. The third-order valence-electron chi connectivity index (χ3n) is 2.24. The fourth-order valence-corrected chi connectivity index (χ4v) is 2.17. The lowest BCUT2D eigenvalue weighted by atomic mass is 10.0. The molecule has 0 bridgehead atoms. The molecule has 0 fully saturated rings. The summed E-state index contributed by atoms with van der Waals surface area (Å²) in [5, 5.41) is 2.11. The molecule has 0 aromatic carbocycles. The average Bonchev–Trinajstić information content (AvgIpc) is 2.54. The van der Waals surface area contributed by atoms with Crippen LogP contribution in [-0.4, -0.2) is 13.2 Å². The highest BCUT2D eigenvalue weighted by molar-refractivity contribution is 7.10. The van der Waals surface area contributed by atoms with Crippen molar-refractivity contribution in [2.45, 2.75) is 32.4 Å². The first kappa shape index (κ1) is 10.7. The fraction of sp³-hybridized carbons (Fsp3) is 0.600. The van der Waals surface area contributed by atoms with Gasteiger partial charge in [0.2, 0.25) is 0 Å². The molecule has 0 spiro atoms. The first-order valence-electron chi connectivity index (χ1n) is 4.52. The molecule has 2 N–H and O–H groups in total. The highest BCUT2D eigenvalue weighted by Gasteiger charge is 2.17. The number of hydrogen-bond acceptors (Lipinski definition) is 3. The van der Waals surface area contributed by atoms with Gasteiger partial charge in [-0.05, 0) is 30.4 Å². The van der Waals surface area contributed by atoms with Gasteiger partial charge in [0.05, 0.1) is 12.1 Å². The summed E-state index contributed by atoms with van der Waals surface area (Å²) in [5.41, 5.74) is 7.25. The number of nitrogens with two attached hydrogens (primary N) is 1. The fourth-order valence-electron chi connectivity index (χ4n) is 1.42. The summed E-state index contributed by atoms with van der Waals surface area (Å²) in [6.45, 7) is 4.18. The quantitative estimate of drug-likeness (QED) is 0.808. The molecule has 1 rings (SSSR count). The van der Waals surface area contributed by atoms with Gasteiger partial charge < -0.3 is 10.5 Å². The Labute approximate surface area is 83.7 Å². The maximum Gasteiger partial charge on any atom is 0.0761 e. The molecule has 1 aromatic heterocycles. The maximum atomic E-state index is 6.06. The number of methoxy groups -OCH3 is 1. The monoisotopic (exact) mass is 199 g/mol.